The molecule has 0 saturated heterocycles. The van der Waals surface area contributed by atoms with Crippen molar-refractivity contribution in [3.8, 4) is 11.1 Å². The maximum absolute atomic E-state index is 5.24. The van der Waals surface area contributed by atoms with Gasteiger partial charge in [0.2, 0.25) is 0 Å². The Morgan fingerprint density at radius 3 is 2.03 bits per heavy atom. The number of nitrogens with zero attached hydrogens (tertiary/aromatic N) is 3. The van der Waals surface area contributed by atoms with Crippen molar-refractivity contribution in [1.82, 2.24) is 4.57 Å². The molecule has 0 saturated carbocycles. The van der Waals surface area contributed by atoms with Gasteiger partial charge >= 0.3 is 0 Å². The van der Waals surface area contributed by atoms with Crippen LogP contribution in [-0.4, -0.2) is 17.0 Å². The number of thiophene rings is 1. The molecule has 0 spiro atoms. The van der Waals surface area contributed by atoms with Gasteiger partial charge in [-0.3, -0.25) is 9.98 Å². The Kier molecular flexibility index (Phi) is 5.87. The third-order valence-electron chi connectivity index (χ3n) is 7.38. The van der Waals surface area contributed by atoms with Crippen LogP contribution in [-0.2, 0) is 6.67 Å². The Labute approximate surface area is 231 Å². The summed E-state index contributed by atoms with van der Waals surface area (Å²) in [5.41, 5.74) is 8.62. The summed E-state index contributed by atoms with van der Waals surface area (Å²) in [5, 5.41) is 9.13. The van der Waals surface area contributed by atoms with Gasteiger partial charge in [-0.2, -0.15) is 0 Å². The molecule has 0 radical (unpaired) electrons. The minimum Gasteiger partial charge on any atom is -0.320 e. The Hall–Kier alpha value is -4.80. The van der Waals surface area contributed by atoms with Crippen LogP contribution in [0.5, 0.6) is 0 Å². The fraction of sp³-hybridized carbons (Fsp3) is 0.0286. The van der Waals surface area contributed by atoms with Crippen molar-refractivity contribution in [3.63, 3.8) is 0 Å². The molecule has 7 aromatic rings. The lowest BCUT2D eigenvalue weighted by Crippen LogP contribution is -2.06. The summed E-state index contributed by atoms with van der Waals surface area (Å²) >= 11 is 1.62. The lowest BCUT2D eigenvalue weighted by molar-refractivity contribution is 0.793. The van der Waals surface area contributed by atoms with E-state index in [1.54, 1.807) is 11.3 Å². The van der Waals surface area contributed by atoms with Crippen LogP contribution in [0.15, 0.2) is 136 Å². The SMILES string of the molecule is C=Nc1cscc1/C(=N\Cn1c2ccccc2c2ccccc21)c1ccc(-c2cccc3ccccc23)cc1. The van der Waals surface area contributed by atoms with Gasteiger partial charge in [0, 0.05) is 32.7 Å². The number of para-hydroxylation sites is 2. The van der Waals surface area contributed by atoms with Crippen molar-refractivity contribution < 1.29 is 0 Å². The molecule has 2 aromatic heterocycles. The van der Waals surface area contributed by atoms with Crippen LogP contribution >= 0.6 is 11.3 Å². The predicted octanol–water partition coefficient (Wildman–Crippen LogP) is 9.50. The zero-order chi connectivity index (χ0) is 26.2. The normalized spacial score (nSPS) is 11.9. The second-order valence-corrected chi connectivity index (χ2v) is 10.3. The van der Waals surface area contributed by atoms with Crippen molar-refractivity contribution in [2.45, 2.75) is 6.67 Å². The maximum atomic E-state index is 5.24. The topological polar surface area (TPSA) is 29.6 Å². The summed E-state index contributed by atoms with van der Waals surface area (Å²) in [4.78, 5) is 9.53. The van der Waals surface area contributed by atoms with Gasteiger partial charge < -0.3 is 4.57 Å². The quantitative estimate of drug-likeness (QED) is 0.196. The Bertz CT molecular complexity index is 1950. The van der Waals surface area contributed by atoms with Crippen molar-refractivity contribution in [2.75, 3.05) is 0 Å². The zero-order valence-electron chi connectivity index (χ0n) is 21.3. The molecule has 7 rings (SSSR count). The average Bonchev–Trinajstić information content (AvgIpc) is 3.60. The predicted molar refractivity (Wildman–Crippen MR) is 168 cm³/mol. The third-order valence-corrected chi connectivity index (χ3v) is 8.11. The molecule has 0 N–H and O–H groups in total. The van der Waals surface area contributed by atoms with E-state index in [-0.39, 0.29) is 0 Å². The average molecular weight is 520 g/mol. The van der Waals surface area contributed by atoms with Crippen LogP contribution in [0.4, 0.5) is 5.69 Å². The van der Waals surface area contributed by atoms with E-state index >= 15 is 0 Å². The molecule has 0 atom stereocenters. The summed E-state index contributed by atoms with van der Waals surface area (Å²) in [5.74, 6) is 0. The lowest BCUT2D eigenvalue weighted by Gasteiger charge is -2.11. The number of benzene rings is 5. The van der Waals surface area contributed by atoms with Gasteiger partial charge in [0.25, 0.3) is 0 Å². The third kappa shape index (κ3) is 4.06. The first-order valence-corrected chi connectivity index (χ1v) is 13.9. The molecule has 39 heavy (non-hydrogen) atoms. The van der Waals surface area contributed by atoms with E-state index in [0.29, 0.717) is 6.67 Å². The summed E-state index contributed by atoms with van der Waals surface area (Å²) in [7, 11) is 0. The van der Waals surface area contributed by atoms with Crippen LogP contribution in [0.1, 0.15) is 11.1 Å². The molecule has 0 aliphatic heterocycles. The van der Waals surface area contributed by atoms with E-state index in [9.17, 15) is 0 Å². The Balaban J connectivity index is 1.34. The van der Waals surface area contributed by atoms with E-state index in [0.717, 1.165) is 22.5 Å². The molecule has 0 amide bonds. The molecule has 0 bridgehead atoms. The van der Waals surface area contributed by atoms with Crippen LogP contribution in [0.25, 0.3) is 43.7 Å². The molecule has 4 heteroatoms. The van der Waals surface area contributed by atoms with E-state index < -0.39 is 0 Å². The summed E-state index contributed by atoms with van der Waals surface area (Å²) in [6.07, 6.45) is 0. The molecule has 0 unspecified atom stereocenters. The minimum absolute atomic E-state index is 0.501. The second kappa shape index (κ2) is 9.82. The summed E-state index contributed by atoms with van der Waals surface area (Å²) in [6, 6.07) is 40.8. The van der Waals surface area contributed by atoms with Crippen LogP contribution in [0.2, 0.25) is 0 Å². The number of aliphatic imine (C=N–C) groups is 2. The van der Waals surface area contributed by atoms with Gasteiger partial charge in [0.05, 0.1) is 22.4 Å². The molecule has 3 nitrogen and oxygen atoms in total. The van der Waals surface area contributed by atoms with Crippen molar-refractivity contribution in [1.29, 1.82) is 0 Å². The first-order chi connectivity index (χ1) is 19.3. The number of rotatable bonds is 6. The number of aromatic nitrogens is 1. The van der Waals surface area contributed by atoms with E-state index in [1.807, 2.05) is 5.38 Å². The molecular weight excluding hydrogens is 494 g/mol. The molecule has 0 aliphatic rings. The Morgan fingerprint density at radius 2 is 1.31 bits per heavy atom. The standard InChI is InChI=1S/C35H25N3S/c1-36-32-22-39-21-31(32)35(37-23-38-33-15-6-4-12-29(33)30-13-5-7-16-34(30)38)26-19-17-25(18-20-26)28-14-8-10-24-9-2-3-11-27(24)28/h2-22H,1,23H2/b37-35-. The second-order valence-electron chi connectivity index (χ2n) is 9.54. The smallest absolute Gasteiger partial charge is 0.115 e. The van der Waals surface area contributed by atoms with Gasteiger partial charge in [-0.25, -0.2) is 0 Å². The van der Waals surface area contributed by atoms with Crippen LogP contribution < -0.4 is 0 Å². The van der Waals surface area contributed by atoms with Crippen LogP contribution in [0, 0.1) is 0 Å². The van der Waals surface area contributed by atoms with E-state index in [1.165, 1.54) is 43.7 Å². The highest BCUT2D eigenvalue weighted by Crippen LogP contribution is 2.32. The van der Waals surface area contributed by atoms with Gasteiger partial charge in [0.15, 0.2) is 0 Å². The monoisotopic (exact) mass is 519 g/mol. The molecule has 0 aliphatic carbocycles. The highest BCUT2D eigenvalue weighted by Gasteiger charge is 2.15. The van der Waals surface area contributed by atoms with E-state index in [4.69, 9.17) is 4.99 Å². The fourth-order valence-electron chi connectivity index (χ4n) is 5.50. The zero-order valence-corrected chi connectivity index (χ0v) is 22.1. The minimum atomic E-state index is 0.501. The summed E-state index contributed by atoms with van der Waals surface area (Å²) in [6.45, 7) is 4.31. The summed E-state index contributed by atoms with van der Waals surface area (Å²) < 4.78 is 2.29. The highest BCUT2D eigenvalue weighted by atomic mass is 32.1. The van der Waals surface area contributed by atoms with Gasteiger partial charge in [-0.05, 0) is 40.7 Å². The van der Waals surface area contributed by atoms with Gasteiger partial charge in [0.1, 0.15) is 6.67 Å². The largest absolute Gasteiger partial charge is 0.320 e. The first kappa shape index (κ1) is 23.3. The lowest BCUT2D eigenvalue weighted by atomic mass is 9.96. The molecule has 186 valence electrons. The molecule has 5 aromatic carbocycles. The maximum Gasteiger partial charge on any atom is 0.115 e. The van der Waals surface area contributed by atoms with Crippen molar-refractivity contribution in [3.05, 3.63) is 137 Å². The molecule has 2 heterocycles. The van der Waals surface area contributed by atoms with Crippen LogP contribution in [0.3, 0.4) is 0 Å². The highest BCUT2D eigenvalue weighted by molar-refractivity contribution is 7.08. The Morgan fingerprint density at radius 1 is 0.667 bits per heavy atom. The van der Waals surface area contributed by atoms with E-state index in [2.05, 4.69) is 137 Å². The van der Waals surface area contributed by atoms with Gasteiger partial charge in [-0.15, -0.1) is 11.3 Å². The molecular formula is C35H25N3S. The number of fused-ring (bicyclic) bond motifs is 4. The van der Waals surface area contributed by atoms with Gasteiger partial charge in [-0.1, -0.05) is 103 Å². The van der Waals surface area contributed by atoms with Crippen molar-refractivity contribution >= 4 is 62.0 Å². The fourth-order valence-corrected chi connectivity index (χ4v) is 6.27. The molecule has 0 fully saturated rings. The number of hydrogen-bond donors (Lipinski definition) is 0. The van der Waals surface area contributed by atoms with Crippen molar-refractivity contribution in [2.24, 2.45) is 9.98 Å². The first-order valence-electron chi connectivity index (χ1n) is 12.9. The number of hydrogen-bond acceptors (Lipinski definition) is 3.